The summed E-state index contributed by atoms with van der Waals surface area (Å²) in [6.07, 6.45) is 2.14. The van der Waals surface area contributed by atoms with Crippen molar-refractivity contribution in [2.45, 2.75) is 50.2 Å². The van der Waals surface area contributed by atoms with Crippen LogP contribution in [-0.4, -0.2) is 47.2 Å². The topological polar surface area (TPSA) is 98.7 Å². The number of aromatic nitrogens is 1. The summed E-state index contributed by atoms with van der Waals surface area (Å²) in [4.78, 5) is 28.3. The van der Waals surface area contributed by atoms with Gasteiger partial charge in [0.05, 0.1) is 10.0 Å². The van der Waals surface area contributed by atoms with E-state index in [0.29, 0.717) is 24.8 Å². The number of amides is 1. The van der Waals surface area contributed by atoms with E-state index in [-0.39, 0.29) is 51.3 Å². The number of likely N-dealkylation sites (N-methyl/N-ethyl adjacent to an activating group) is 1. The maximum Gasteiger partial charge on any atom is 0.345 e. The molecule has 2 N–H and O–H groups in total. The fourth-order valence-electron chi connectivity index (χ4n) is 5.02. The lowest BCUT2D eigenvalue weighted by Gasteiger charge is -2.48. The molecule has 1 fully saturated rings. The molecule has 0 spiro atoms. The smallest absolute Gasteiger partial charge is 0.345 e. The van der Waals surface area contributed by atoms with Crippen LogP contribution >= 0.6 is 23.2 Å². The van der Waals surface area contributed by atoms with Crippen LogP contribution in [0.4, 0.5) is 4.39 Å². The maximum atomic E-state index is 13.5. The van der Waals surface area contributed by atoms with E-state index < -0.39 is 17.5 Å². The van der Waals surface area contributed by atoms with Crippen LogP contribution in [0.5, 0.6) is 0 Å². The predicted octanol–water partition coefficient (Wildman–Crippen LogP) is 5.59. The quantitative estimate of drug-likeness (QED) is 0.387. The summed E-state index contributed by atoms with van der Waals surface area (Å²) in [5.41, 5.74) is 5.45. The average Bonchev–Trinajstić information content (AvgIpc) is 3.22. The van der Waals surface area contributed by atoms with Crippen molar-refractivity contribution >= 4 is 35.1 Å². The number of benzene rings is 2. The second-order valence-corrected chi connectivity index (χ2v) is 10.5. The molecule has 1 aliphatic rings. The number of hydrogen-bond donors (Lipinski definition) is 1. The number of rotatable bonds is 7. The molecule has 0 bridgehead atoms. The predicted molar refractivity (Wildman–Crippen MR) is 139 cm³/mol. The van der Waals surface area contributed by atoms with Gasteiger partial charge in [-0.25, -0.2) is 9.18 Å². The molecule has 4 rings (SSSR count). The monoisotopic (exact) mass is 547 g/mol. The Labute approximate surface area is 224 Å². The highest BCUT2D eigenvalue weighted by atomic mass is 35.5. The zero-order chi connectivity index (χ0) is 27.0. The van der Waals surface area contributed by atoms with Crippen LogP contribution in [0, 0.1) is 12.7 Å². The Morgan fingerprint density at radius 3 is 2.22 bits per heavy atom. The van der Waals surface area contributed by atoms with Gasteiger partial charge in [-0.3, -0.25) is 4.79 Å². The van der Waals surface area contributed by atoms with Gasteiger partial charge in [0.1, 0.15) is 22.8 Å². The molecule has 1 amide bonds. The molecule has 0 aliphatic heterocycles. The van der Waals surface area contributed by atoms with Gasteiger partial charge in [-0.1, -0.05) is 46.6 Å². The second kappa shape index (κ2) is 10.4. The summed E-state index contributed by atoms with van der Waals surface area (Å²) < 4.78 is 24.6. The zero-order valence-electron chi connectivity index (χ0n) is 20.8. The molecule has 3 aromatic rings. The molecule has 1 aromatic heterocycles. The molecule has 0 atom stereocenters. The Morgan fingerprint density at radius 1 is 1.08 bits per heavy atom. The summed E-state index contributed by atoms with van der Waals surface area (Å²) in [7, 11) is 3.93. The van der Waals surface area contributed by atoms with Crippen molar-refractivity contribution in [1.82, 2.24) is 10.1 Å². The molecule has 0 unspecified atom stereocenters. The first kappa shape index (κ1) is 27.1. The van der Waals surface area contributed by atoms with Gasteiger partial charge in [0.25, 0.3) is 5.91 Å². The van der Waals surface area contributed by atoms with Gasteiger partial charge in [-0.2, -0.15) is 0 Å². The lowest BCUT2D eigenvalue weighted by molar-refractivity contribution is -0.144. The molecule has 10 heteroatoms. The minimum Gasteiger partial charge on any atom is -0.445 e. The Bertz CT molecular complexity index is 1300. The number of ether oxygens (including phenoxy) is 1. The number of primary amides is 1. The van der Waals surface area contributed by atoms with Crippen LogP contribution in [-0.2, 0) is 16.0 Å². The van der Waals surface area contributed by atoms with Crippen molar-refractivity contribution in [2.75, 3.05) is 14.1 Å². The van der Waals surface area contributed by atoms with Gasteiger partial charge in [0.2, 0.25) is 0 Å². The van der Waals surface area contributed by atoms with Gasteiger partial charge >= 0.3 is 5.97 Å². The largest absolute Gasteiger partial charge is 0.445 e. The minimum atomic E-state index is -1.51. The minimum absolute atomic E-state index is 0.0337. The number of esters is 1. The first-order valence-corrected chi connectivity index (χ1v) is 12.6. The standard InChI is InChI=1S/C27H28Cl2FN3O4/c1-16-21(23(32-37-16)22-19(28)5-4-6-20(22)29)24(34)36-27(25(31)35)13-11-26(12-14-27,33(2)3)15-17-7-9-18(30)10-8-17/h4-10H,11-15H2,1-3H3,(H2,31,35). The summed E-state index contributed by atoms with van der Waals surface area (Å²) in [6.45, 7) is 1.56. The van der Waals surface area contributed by atoms with Gasteiger partial charge in [-0.05, 0) is 83.0 Å². The Morgan fingerprint density at radius 2 is 1.68 bits per heavy atom. The van der Waals surface area contributed by atoms with Crippen molar-refractivity contribution in [3.8, 4) is 11.3 Å². The molecular formula is C27H28Cl2FN3O4. The second-order valence-electron chi connectivity index (χ2n) is 9.73. The zero-order valence-corrected chi connectivity index (χ0v) is 22.3. The van der Waals surface area contributed by atoms with Crippen LogP contribution in [0.25, 0.3) is 11.3 Å². The van der Waals surface area contributed by atoms with E-state index >= 15 is 0 Å². The third kappa shape index (κ3) is 5.23. The number of carbonyl (C=O) groups excluding carboxylic acids is 2. The van der Waals surface area contributed by atoms with Gasteiger partial charge < -0.3 is 19.9 Å². The van der Waals surface area contributed by atoms with Gasteiger partial charge in [0.15, 0.2) is 5.60 Å². The molecule has 7 nitrogen and oxygen atoms in total. The highest BCUT2D eigenvalue weighted by molar-refractivity contribution is 6.39. The number of nitrogens with two attached hydrogens (primary N) is 1. The summed E-state index contributed by atoms with van der Waals surface area (Å²) in [5, 5.41) is 4.57. The van der Waals surface area contributed by atoms with E-state index in [2.05, 4.69) is 10.1 Å². The van der Waals surface area contributed by atoms with Crippen molar-refractivity contribution in [3.05, 3.63) is 75.2 Å². The van der Waals surface area contributed by atoms with Gasteiger partial charge in [-0.15, -0.1) is 0 Å². The van der Waals surface area contributed by atoms with Crippen LogP contribution in [0.1, 0.15) is 47.4 Å². The Balaban J connectivity index is 1.61. The fraction of sp³-hybridized carbons (Fsp3) is 0.370. The molecule has 37 heavy (non-hydrogen) atoms. The number of hydrogen-bond acceptors (Lipinski definition) is 6. The van der Waals surface area contributed by atoms with E-state index in [1.165, 1.54) is 12.1 Å². The highest BCUT2D eigenvalue weighted by Crippen LogP contribution is 2.43. The van der Waals surface area contributed by atoms with Crippen LogP contribution in [0.3, 0.4) is 0 Å². The van der Waals surface area contributed by atoms with Crippen molar-refractivity contribution < 1.29 is 23.2 Å². The lowest BCUT2D eigenvalue weighted by atomic mass is 9.70. The van der Waals surface area contributed by atoms with Crippen molar-refractivity contribution in [1.29, 1.82) is 0 Å². The summed E-state index contributed by atoms with van der Waals surface area (Å²) >= 11 is 12.7. The maximum absolute atomic E-state index is 13.5. The Kier molecular flexibility index (Phi) is 7.65. The van der Waals surface area contributed by atoms with Crippen molar-refractivity contribution in [3.63, 3.8) is 0 Å². The first-order valence-electron chi connectivity index (χ1n) is 11.8. The van der Waals surface area contributed by atoms with E-state index in [1.807, 2.05) is 14.1 Å². The molecule has 2 aromatic carbocycles. The van der Waals surface area contributed by atoms with Crippen molar-refractivity contribution in [2.24, 2.45) is 5.73 Å². The average molecular weight is 548 g/mol. The van der Waals surface area contributed by atoms with Crippen LogP contribution < -0.4 is 5.73 Å². The molecule has 0 saturated heterocycles. The molecule has 196 valence electrons. The molecule has 1 heterocycles. The molecular weight excluding hydrogens is 520 g/mol. The highest BCUT2D eigenvalue weighted by Gasteiger charge is 2.50. The number of aryl methyl sites for hydroxylation is 1. The van der Waals surface area contributed by atoms with E-state index in [1.54, 1.807) is 37.3 Å². The number of halogens is 3. The van der Waals surface area contributed by atoms with E-state index in [0.717, 1.165) is 5.56 Å². The third-order valence-corrected chi connectivity index (χ3v) is 8.02. The van der Waals surface area contributed by atoms with Gasteiger partial charge in [0, 0.05) is 11.1 Å². The number of nitrogens with zero attached hydrogens (tertiary/aromatic N) is 2. The van der Waals surface area contributed by atoms with E-state index in [9.17, 15) is 14.0 Å². The van der Waals surface area contributed by atoms with Crippen LogP contribution in [0.15, 0.2) is 47.0 Å². The number of carbonyl (C=O) groups is 2. The summed E-state index contributed by atoms with van der Waals surface area (Å²) in [5.74, 6) is -1.61. The normalized spacial score (nSPS) is 21.7. The Hall–Kier alpha value is -2.94. The van der Waals surface area contributed by atoms with Crippen LogP contribution in [0.2, 0.25) is 10.0 Å². The lowest BCUT2D eigenvalue weighted by Crippen LogP contribution is -2.57. The molecule has 1 aliphatic carbocycles. The summed E-state index contributed by atoms with van der Waals surface area (Å²) in [6, 6.07) is 11.3. The SMILES string of the molecule is Cc1onc(-c2c(Cl)cccc2Cl)c1C(=O)OC1(C(N)=O)CCC(Cc2ccc(F)cc2)(N(C)C)CC1. The third-order valence-electron chi connectivity index (χ3n) is 7.39. The fourth-order valence-corrected chi connectivity index (χ4v) is 5.59. The molecule has 0 radical (unpaired) electrons. The molecule has 1 saturated carbocycles. The first-order chi connectivity index (χ1) is 17.5. The van der Waals surface area contributed by atoms with E-state index in [4.69, 9.17) is 38.2 Å².